The zero-order chi connectivity index (χ0) is 17.9. The van der Waals surface area contributed by atoms with Crippen LogP contribution in [0, 0.1) is 5.92 Å². The Kier molecular flexibility index (Phi) is 5.66. The van der Waals surface area contributed by atoms with Gasteiger partial charge >= 0.3 is 0 Å². The number of carbonyl (C=O) groups is 3. The molecule has 0 saturated carbocycles. The maximum atomic E-state index is 12.3. The van der Waals surface area contributed by atoms with E-state index in [2.05, 4.69) is 5.32 Å². The lowest BCUT2D eigenvalue weighted by molar-refractivity contribution is -0.132. The molecule has 1 heterocycles. The van der Waals surface area contributed by atoms with Crippen LogP contribution < -0.4 is 15.0 Å². The number of hydrogen-bond donors (Lipinski definition) is 1. The molecule has 0 unspecified atom stereocenters. The van der Waals surface area contributed by atoms with Crippen LogP contribution in [0.5, 0.6) is 5.75 Å². The van der Waals surface area contributed by atoms with Gasteiger partial charge in [-0.3, -0.25) is 14.4 Å². The van der Waals surface area contributed by atoms with E-state index in [4.69, 9.17) is 16.3 Å². The van der Waals surface area contributed by atoms with Crippen LogP contribution in [0.15, 0.2) is 18.2 Å². The lowest BCUT2D eigenvalue weighted by Crippen LogP contribution is -2.39. The predicted molar refractivity (Wildman–Crippen MR) is 90.2 cm³/mol. The van der Waals surface area contributed by atoms with Crippen LogP contribution in [0.3, 0.4) is 0 Å². The summed E-state index contributed by atoms with van der Waals surface area (Å²) in [5, 5.41) is 3.05. The zero-order valence-corrected chi connectivity index (χ0v) is 14.6. The highest BCUT2D eigenvalue weighted by Gasteiger charge is 2.36. The molecule has 1 aromatic carbocycles. The summed E-state index contributed by atoms with van der Waals surface area (Å²) in [4.78, 5) is 38.9. The van der Waals surface area contributed by atoms with Crippen molar-refractivity contribution < 1.29 is 19.1 Å². The van der Waals surface area contributed by atoms with Gasteiger partial charge in [0.25, 0.3) is 0 Å². The summed E-state index contributed by atoms with van der Waals surface area (Å²) in [5.74, 6) is -0.717. The summed E-state index contributed by atoms with van der Waals surface area (Å²) in [5.41, 5.74) is 0.537. The smallest absolute Gasteiger partial charge is 0.241 e. The summed E-state index contributed by atoms with van der Waals surface area (Å²) in [6.45, 7) is 0.133. The Hall–Kier alpha value is -2.28. The van der Waals surface area contributed by atoms with E-state index in [1.807, 2.05) is 0 Å². The first-order chi connectivity index (χ1) is 11.3. The maximum absolute atomic E-state index is 12.3. The molecule has 1 aliphatic rings. The quantitative estimate of drug-likeness (QED) is 0.853. The zero-order valence-electron chi connectivity index (χ0n) is 13.8. The third kappa shape index (κ3) is 3.97. The Bertz CT molecular complexity index is 663. The van der Waals surface area contributed by atoms with Crippen molar-refractivity contribution in [2.75, 3.05) is 39.2 Å². The van der Waals surface area contributed by atoms with E-state index in [-0.39, 0.29) is 37.2 Å². The van der Waals surface area contributed by atoms with E-state index >= 15 is 0 Å². The molecule has 24 heavy (non-hydrogen) atoms. The number of anilines is 1. The van der Waals surface area contributed by atoms with Gasteiger partial charge in [0.1, 0.15) is 5.75 Å². The highest BCUT2D eigenvalue weighted by atomic mass is 35.5. The summed E-state index contributed by atoms with van der Waals surface area (Å²) < 4.78 is 5.26. The Morgan fingerprint density at radius 1 is 1.42 bits per heavy atom. The van der Waals surface area contributed by atoms with Crippen molar-refractivity contribution in [1.82, 2.24) is 10.2 Å². The second-order valence-electron chi connectivity index (χ2n) is 5.73. The second-order valence-corrected chi connectivity index (χ2v) is 6.16. The van der Waals surface area contributed by atoms with Crippen molar-refractivity contribution in [3.05, 3.63) is 23.2 Å². The van der Waals surface area contributed by atoms with Crippen molar-refractivity contribution in [2.24, 2.45) is 5.92 Å². The van der Waals surface area contributed by atoms with Gasteiger partial charge in [-0.25, -0.2) is 0 Å². The van der Waals surface area contributed by atoms with Crippen LogP contribution in [0.4, 0.5) is 5.69 Å². The molecule has 1 fully saturated rings. The van der Waals surface area contributed by atoms with E-state index in [1.54, 1.807) is 32.3 Å². The van der Waals surface area contributed by atoms with Crippen molar-refractivity contribution in [3.63, 3.8) is 0 Å². The molecule has 1 aliphatic heterocycles. The van der Waals surface area contributed by atoms with E-state index < -0.39 is 5.92 Å². The van der Waals surface area contributed by atoms with E-state index in [1.165, 1.54) is 16.9 Å². The molecule has 0 bridgehead atoms. The molecule has 1 saturated heterocycles. The minimum absolute atomic E-state index is 0.0810. The molecule has 0 aromatic heterocycles. The summed E-state index contributed by atoms with van der Waals surface area (Å²) in [7, 11) is 4.73. The Morgan fingerprint density at radius 3 is 2.75 bits per heavy atom. The molecule has 0 radical (unpaired) electrons. The number of likely N-dealkylation sites (N-methyl/N-ethyl adjacent to an activating group) is 1. The number of methoxy groups -OCH3 is 1. The van der Waals surface area contributed by atoms with Crippen molar-refractivity contribution in [3.8, 4) is 5.75 Å². The molecule has 3 amide bonds. The number of nitrogens with zero attached hydrogens (tertiary/aromatic N) is 2. The van der Waals surface area contributed by atoms with Gasteiger partial charge in [-0.05, 0) is 18.2 Å². The number of amides is 3. The van der Waals surface area contributed by atoms with Gasteiger partial charge in [0.15, 0.2) is 0 Å². The number of rotatable bonds is 5. The average Bonchev–Trinajstić information content (AvgIpc) is 2.93. The Balaban J connectivity index is 2.07. The molecule has 1 N–H and O–H groups in total. The van der Waals surface area contributed by atoms with Gasteiger partial charge in [-0.15, -0.1) is 0 Å². The van der Waals surface area contributed by atoms with Gasteiger partial charge in [0.05, 0.1) is 25.3 Å². The minimum Gasteiger partial charge on any atom is -0.495 e. The first-order valence-corrected chi connectivity index (χ1v) is 7.83. The topological polar surface area (TPSA) is 79.0 Å². The van der Waals surface area contributed by atoms with Gasteiger partial charge < -0.3 is 19.9 Å². The molecule has 130 valence electrons. The molecule has 2 rings (SSSR count). The largest absolute Gasteiger partial charge is 0.495 e. The van der Waals surface area contributed by atoms with E-state index in [0.717, 1.165) is 0 Å². The van der Waals surface area contributed by atoms with Crippen LogP contribution in [0.25, 0.3) is 0 Å². The SMILES string of the molecule is COc1ccc(Cl)cc1N1C[C@H](C(=O)NCC(=O)N(C)C)CC1=O. The Morgan fingerprint density at radius 2 is 2.12 bits per heavy atom. The molecular formula is C16H20ClN3O4. The molecule has 7 nitrogen and oxygen atoms in total. The lowest BCUT2D eigenvalue weighted by Gasteiger charge is -2.20. The Labute approximate surface area is 145 Å². The molecule has 0 spiro atoms. The monoisotopic (exact) mass is 353 g/mol. The fraction of sp³-hybridized carbons (Fsp3) is 0.438. The molecule has 0 aliphatic carbocycles. The third-order valence-corrected chi connectivity index (χ3v) is 4.08. The number of halogens is 1. The number of hydrogen-bond acceptors (Lipinski definition) is 4. The highest BCUT2D eigenvalue weighted by molar-refractivity contribution is 6.31. The molecule has 1 atom stereocenters. The fourth-order valence-corrected chi connectivity index (χ4v) is 2.62. The summed E-state index contributed by atoms with van der Waals surface area (Å²) in [6, 6.07) is 4.98. The molecular weight excluding hydrogens is 334 g/mol. The van der Waals surface area contributed by atoms with Gasteiger partial charge in [0.2, 0.25) is 17.7 Å². The van der Waals surface area contributed by atoms with Crippen LogP contribution >= 0.6 is 11.6 Å². The van der Waals surface area contributed by atoms with Crippen LogP contribution in [-0.2, 0) is 14.4 Å². The molecule has 1 aromatic rings. The van der Waals surface area contributed by atoms with Crippen molar-refractivity contribution in [2.45, 2.75) is 6.42 Å². The fourth-order valence-electron chi connectivity index (χ4n) is 2.46. The standard InChI is InChI=1S/C16H20ClN3O4/c1-19(2)15(22)8-18-16(23)10-6-14(21)20(9-10)12-7-11(17)4-5-13(12)24-3/h4-5,7,10H,6,8-9H2,1-3H3,(H,18,23)/t10-/m1/s1. The van der Waals surface area contributed by atoms with Crippen molar-refractivity contribution >= 4 is 35.0 Å². The lowest BCUT2D eigenvalue weighted by atomic mass is 10.1. The van der Waals surface area contributed by atoms with Gasteiger partial charge in [0, 0.05) is 32.1 Å². The first kappa shape index (κ1) is 18.1. The third-order valence-electron chi connectivity index (χ3n) is 3.84. The van der Waals surface area contributed by atoms with Crippen LogP contribution in [-0.4, -0.2) is 56.9 Å². The van der Waals surface area contributed by atoms with Crippen LogP contribution in [0.2, 0.25) is 5.02 Å². The minimum atomic E-state index is -0.517. The first-order valence-electron chi connectivity index (χ1n) is 7.45. The van der Waals surface area contributed by atoms with Gasteiger partial charge in [-0.2, -0.15) is 0 Å². The second kappa shape index (κ2) is 7.53. The maximum Gasteiger partial charge on any atom is 0.241 e. The number of carbonyl (C=O) groups excluding carboxylic acids is 3. The van der Waals surface area contributed by atoms with E-state index in [9.17, 15) is 14.4 Å². The predicted octanol–water partition coefficient (Wildman–Crippen LogP) is 0.906. The number of nitrogens with one attached hydrogen (secondary N) is 1. The van der Waals surface area contributed by atoms with Crippen molar-refractivity contribution in [1.29, 1.82) is 0 Å². The van der Waals surface area contributed by atoms with E-state index in [0.29, 0.717) is 16.5 Å². The average molecular weight is 354 g/mol. The summed E-state index contributed by atoms with van der Waals surface area (Å²) >= 11 is 6.00. The van der Waals surface area contributed by atoms with Crippen LogP contribution in [0.1, 0.15) is 6.42 Å². The number of benzene rings is 1. The number of ether oxygens (including phenoxy) is 1. The normalized spacial score (nSPS) is 16.9. The molecule has 8 heteroatoms. The van der Waals surface area contributed by atoms with Gasteiger partial charge in [-0.1, -0.05) is 11.6 Å². The highest BCUT2D eigenvalue weighted by Crippen LogP contribution is 2.35. The summed E-state index contributed by atoms with van der Waals surface area (Å²) in [6.07, 6.45) is 0.0810.